The lowest BCUT2D eigenvalue weighted by molar-refractivity contribution is -0.119. The van der Waals surface area contributed by atoms with Gasteiger partial charge in [-0.3, -0.25) is 9.59 Å². The van der Waals surface area contributed by atoms with Gasteiger partial charge < -0.3 is 15.4 Å². The first kappa shape index (κ1) is 22.7. The standard InChI is InChI=1S/C27H23N3O4/c1-17-24(21-10-6-7-11-22(21)30-25(17)18-8-4-3-5-9-18)27(33)34-16-23(31)29-20-14-12-19(13-15-20)26(32)28-2/h3-15H,16H2,1-2H3,(H,28,32)(H,29,31). The summed E-state index contributed by atoms with van der Waals surface area (Å²) in [5.41, 5.74) is 4.27. The molecule has 7 nitrogen and oxygen atoms in total. The minimum atomic E-state index is -0.599. The van der Waals surface area contributed by atoms with Crippen molar-refractivity contribution < 1.29 is 19.1 Å². The van der Waals surface area contributed by atoms with Gasteiger partial charge in [0.05, 0.1) is 16.8 Å². The van der Waals surface area contributed by atoms with E-state index in [4.69, 9.17) is 9.72 Å². The molecule has 0 saturated carbocycles. The van der Waals surface area contributed by atoms with E-state index in [1.165, 1.54) is 0 Å². The van der Waals surface area contributed by atoms with Crippen molar-refractivity contribution in [1.82, 2.24) is 10.3 Å². The molecule has 1 aromatic heterocycles. The molecule has 34 heavy (non-hydrogen) atoms. The summed E-state index contributed by atoms with van der Waals surface area (Å²) in [4.78, 5) is 41.9. The molecule has 3 aromatic carbocycles. The van der Waals surface area contributed by atoms with Crippen LogP contribution in [0.15, 0.2) is 78.9 Å². The second-order valence-electron chi connectivity index (χ2n) is 7.62. The highest BCUT2D eigenvalue weighted by Crippen LogP contribution is 2.30. The molecule has 0 bridgehead atoms. The highest BCUT2D eigenvalue weighted by Gasteiger charge is 2.21. The highest BCUT2D eigenvalue weighted by atomic mass is 16.5. The van der Waals surface area contributed by atoms with Crippen molar-refractivity contribution in [3.63, 3.8) is 0 Å². The van der Waals surface area contributed by atoms with Crippen LogP contribution in [0.1, 0.15) is 26.3 Å². The first-order valence-electron chi connectivity index (χ1n) is 10.7. The van der Waals surface area contributed by atoms with Crippen molar-refractivity contribution in [3.8, 4) is 11.3 Å². The molecule has 1 heterocycles. The zero-order valence-electron chi connectivity index (χ0n) is 18.8. The lowest BCUT2D eigenvalue weighted by Crippen LogP contribution is -2.22. The number of hydrogen-bond acceptors (Lipinski definition) is 5. The third kappa shape index (κ3) is 4.78. The van der Waals surface area contributed by atoms with Gasteiger partial charge in [-0.05, 0) is 42.8 Å². The van der Waals surface area contributed by atoms with Crippen LogP contribution in [-0.2, 0) is 9.53 Å². The molecule has 4 rings (SSSR count). The average Bonchev–Trinajstić information content (AvgIpc) is 2.87. The molecule has 0 fully saturated rings. The number of esters is 1. The molecule has 4 aromatic rings. The van der Waals surface area contributed by atoms with E-state index in [2.05, 4.69) is 10.6 Å². The van der Waals surface area contributed by atoms with Gasteiger partial charge in [0.15, 0.2) is 6.61 Å². The Labute approximate surface area is 196 Å². The number of nitrogens with one attached hydrogen (secondary N) is 2. The Hall–Kier alpha value is -4.52. The van der Waals surface area contributed by atoms with Gasteiger partial charge in [0.2, 0.25) is 0 Å². The van der Waals surface area contributed by atoms with Crippen molar-refractivity contribution >= 4 is 34.4 Å². The Kier molecular flexibility index (Phi) is 6.64. The molecule has 0 saturated heterocycles. The predicted molar refractivity (Wildman–Crippen MR) is 131 cm³/mol. The fourth-order valence-electron chi connectivity index (χ4n) is 3.70. The maximum atomic E-state index is 13.1. The van der Waals surface area contributed by atoms with Gasteiger partial charge in [-0.15, -0.1) is 0 Å². The smallest absolute Gasteiger partial charge is 0.339 e. The molecule has 0 spiro atoms. The Balaban J connectivity index is 1.53. The van der Waals surface area contributed by atoms with Gasteiger partial charge in [-0.1, -0.05) is 48.5 Å². The normalized spacial score (nSPS) is 10.5. The van der Waals surface area contributed by atoms with Gasteiger partial charge in [0, 0.05) is 29.2 Å². The number of nitrogens with zero attached hydrogens (tertiary/aromatic N) is 1. The van der Waals surface area contributed by atoms with Crippen molar-refractivity contribution in [2.45, 2.75) is 6.92 Å². The van der Waals surface area contributed by atoms with Crippen molar-refractivity contribution in [2.75, 3.05) is 19.0 Å². The Bertz CT molecular complexity index is 1370. The molecule has 0 radical (unpaired) electrons. The largest absolute Gasteiger partial charge is 0.452 e. The molecule has 0 aliphatic carbocycles. The summed E-state index contributed by atoms with van der Waals surface area (Å²) in [6.45, 7) is 1.37. The zero-order valence-corrected chi connectivity index (χ0v) is 18.8. The lowest BCUT2D eigenvalue weighted by atomic mass is 9.98. The topological polar surface area (TPSA) is 97.4 Å². The number of fused-ring (bicyclic) bond motifs is 1. The second-order valence-corrected chi connectivity index (χ2v) is 7.62. The van der Waals surface area contributed by atoms with Crippen LogP contribution in [0.2, 0.25) is 0 Å². The summed E-state index contributed by atoms with van der Waals surface area (Å²) < 4.78 is 5.38. The number of rotatable bonds is 6. The van der Waals surface area contributed by atoms with Crippen LogP contribution in [0.3, 0.4) is 0 Å². The minimum absolute atomic E-state index is 0.221. The third-order valence-corrected chi connectivity index (χ3v) is 5.38. The number of aromatic nitrogens is 1. The quantitative estimate of drug-likeness (QED) is 0.423. The molecular formula is C27H23N3O4. The summed E-state index contributed by atoms with van der Waals surface area (Å²) in [7, 11) is 1.54. The van der Waals surface area contributed by atoms with Crippen LogP contribution in [0.4, 0.5) is 5.69 Å². The molecule has 7 heteroatoms. The Morgan fingerprint density at radius 1 is 0.882 bits per heavy atom. The van der Waals surface area contributed by atoms with Crippen LogP contribution in [0, 0.1) is 6.92 Å². The van der Waals surface area contributed by atoms with E-state index in [1.54, 1.807) is 31.3 Å². The van der Waals surface area contributed by atoms with E-state index in [1.807, 2.05) is 61.5 Å². The number of carbonyl (C=O) groups excluding carboxylic acids is 3. The summed E-state index contributed by atoms with van der Waals surface area (Å²) in [6, 6.07) is 23.4. The van der Waals surface area contributed by atoms with Crippen LogP contribution in [-0.4, -0.2) is 36.4 Å². The monoisotopic (exact) mass is 453 g/mol. The van der Waals surface area contributed by atoms with Crippen molar-refractivity contribution in [3.05, 3.63) is 95.6 Å². The number of carbonyl (C=O) groups is 3. The molecule has 0 unspecified atom stereocenters. The molecule has 0 atom stereocenters. The number of amides is 2. The van der Waals surface area contributed by atoms with Crippen LogP contribution >= 0.6 is 0 Å². The number of benzene rings is 3. The number of ether oxygens (including phenoxy) is 1. The average molecular weight is 453 g/mol. The summed E-state index contributed by atoms with van der Waals surface area (Å²) in [5, 5.41) is 5.86. The molecule has 170 valence electrons. The summed E-state index contributed by atoms with van der Waals surface area (Å²) in [5.74, 6) is -1.31. The van der Waals surface area contributed by atoms with Gasteiger partial charge in [0.25, 0.3) is 11.8 Å². The van der Waals surface area contributed by atoms with Crippen LogP contribution in [0.25, 0.3) is 22.2 Å². The maximum Gasteiger partial charge on any atom is 0.339 e. The summed E-state index contributed by atoms with van der Waals surface area (Å²) >= 11 is 0. The number of pyridine rings is 1. The minimum Gasteiger partial charge on any atom is -0.452 e. The Morgan fingerprint density at radius 2 is 1.56 bits per heavy atom. The van der Waals surface area contributed by atoms with Crippen LogP contribution in [0.5, 0.6) is 0 Å². The Morgan fingerprint density at radius 3 is 2.26 bits per heavy atom. The van der Waals surface area contributed by atoms with E-state index in [0.717, 1.165) is 5.56 Å². The number of para-hydroxylation sites is 1. The predicted octanol–water partition coefficient (Wildman–Crippen LogP) is 4.37. The first-order chi connectivity index (χ1) is 16.5. The molecule has 0 aliphatic rings. The fourth-order valence-corrected chi connectivity index (χ4v) is 3.70. The van der Waals surface area contributed by atoms with E-state index < -0.39 is 18.5 Å². The van der Waals surface area contributed by atoms with E-state index in [0.29, 0.717) is 39.0 Å². The van der Waals surface area contributed by atoms with Gasteiger partial charge in [-0.25, -0.2) is 9.78 Å². The number of hydrogen-bond donors (Lipinski definition) is 2. The number of anilines is 1. The van der Waals surface area contributed by atoms with Crippen LogP contribution < -0.4 is 10.6 Å². The molecule has 2 N–H and O–H groups in total. The SMILES string of the molecule is CNC(=O)c1ccc(NC(=O)COC(=O)c2c(C)c(-c3ccccc3)nc3ccccc23)cc1. The third-order valence-electron chi connectivity index (χ3n) is 5.38. The molecule has 0 aliphatic heterocycles. The van der Waals surface area contributed by atoms with E-state index in [-0.39, 0.29) is 5.91 Å². The van der Waals surface area contributed by atoms with E-state index in [9.17, 15) is 14.4 Å². The zero-order chi connectivity index (χ0) is 24.1. The maximum absolute atomic E-state index is 13.1. The fraction of sp³-hybridized carbons (Fsp3) is 0.111. The molecule has 2 amide bonds. The van der Waals surface area contributed by atoms with Gasteiger partial charge >= 0.3 is 5.97 Å². The van der Waals surface area contributed by atoms with Crippen molar-refractivity contribution in [1.29, 1.82) is 0 Å². The van der Waals surface area contributed by atoms with Gasteiger partial charge in [-0.2, -0.15) is 0 Å². The second kappa shape index (κ2) is 9.95. The first-order valence-corrected chi connectivity index (χ1v) is 10.7. The van der Waals surface area contributed by atoms with Crippen molar-refractivity contribution in [2.24, 2.45) is 0 Å². The van der Waals surface area contributed by atoms with E-state index >= 15 is 0 Å². The highest BCUT2D eigenvalue weighted by molar-refractivity contribution is 6.07. The lowest BCUT2D eigenvalue weighted by Gasteiger charge is -2.14. The summed E-state index contributed by atoms with van der Waals surface area (Å²) in [6.07, 6.45) is 0. The molecular weight excluding hydrogens is 430 g/mol. The van der Waals surface area contributed by atoms with Gasteiger partial charge in [0.1, 0.15) is 0 Å².